The molecular weight excluding hydrogens is 250 g/mol. The van der Waals surface area contributed by atoms with Gasteiger partial charge in [-0.05, 0) is 37.5 Å². The Labute approximate surface area is 111 Å². The van der Waals surface area contributed by atoms with Gasteiger partial charge in [0.05, 0.1) is 6.04 Å². The van der Waals surface area contributed by atoms with Gasteiger partial charge in [-0.3, -0.25) is 4.79 Å². The van der Waals surface area contributed by atoms with Crippen molar-refractivity contribution < 1.29 is 9.53 Å². The maximum absolute atomic E-state index is 11.3. The van der Waals surface area contributed by atoms with E-state index < -0.39 is 0 Å². The molecule has 1 aromatic carbocycles. The number of fused-ring (bicyclic) bond motifs is 1. The van der Waals surface area contributed by atoms with Crippen LogP contribution in [-0.2, 0) is 4.79 Å². The summed E-state index contributed by atoms with van der Waals surface area (Å²) in [6.45, 7) is 1.55. The lowest BCUT2D eigenvalue weighted by Gasteiger charge is -2.48. The Morgan fingerprint density at radius 1 is 1.50 bits per heavy atom. The molecule has 0 saturated heterocycles. The molecule has 1 aliphatic carbocycles. The second kappa shape index (κ2) is 4.16. The Balaban J connectivity index is 1.97. The summed E-state index contributed by atoms with van der Waals surface area (Å²) in [7, 11) is 0. The van der Waals surface area contributed by atoms with Gasteiger partial charge in [0.1, 0.15) is 11.4 Å². The first-order chi connectivity index (χ1) is 8.58. The lowest BCUT2D eigenvalue weighted by atomic mass is 9.73. The normalized spacial score (nSPS) is 23.8. The van der Waals surface area contributed by atoms with Crippen molar-refractivity contribution in [2.75, 3.05) is 0 Å². The average Bonchev–Trinajstić information content (AvgIpc) is 2.27. The number of halogens is 1. The van der Waals surface area contributed by atoms with Gasteiger partial charge in [0.15, 0.2) is 0 Å². The number of hydrogen-bond acceptors (Lipinski definition) is 2. The van der Waals surface area contributed by atoms with Crippen LogP contribution in [0.5, 0.6) is 5.75 Å². The Bertz CT molecular complexity index is 497. The molecule has 1 saturated carbocycles. The van der Waals surface area contributed by atoms with E-state index in [2.05, 4.69) is 5.32 Å². The van der Waals surface area contributed by atoms with Crippen molar-refractivity contribution in [1.29, 1.82) is 0 Å². The Kier molecular flexibility index (Phi) is 2.74. The lowest BCUT2D eigenvalue weighted by molar-refractivity contribution is -0.120. The summed E-state index contributed by atoms with van der Waals surface area (Å²) in [6, 6.07) is 5.66. The number of amides is 1. The fourth-order valence-electron chi connectivity index (χ4n) is 2.89. The summed E-state index contributed by atoms with van der Waals surface area (Å²) in [4.78, 5) is 11.3. The molecule has 1 unspecified atom stereocenters. The molecule has 1 spiro atoms. The van der Waals surface area contributed by atoms with Crippen molar-refractivity contribution in [3.05, 3.63) is 28.8 Å². The molecule has 0 radical (unpaired) electrons. The molecule has 3 nitrogen and oxygen atoms in total. The van der Waals surface area contributed by atoms with Crippen LogP contribution in [0, 0.1) is 0 Å². The third-order valence-electron chi connectivity index (χ3n) is 3.89. The van der Waals surface area contributed by atoms with Gasteiger partial charge in [-0.2, -0.15) is 0 Å². The molecule has 0 aromatic heterocycles. The average molecular weight is 266 g/mol. The molecule has 1 fully saturated rings. The molecule has 1 aliphatic heterocycles. The summed E-state index contributed by atoms with van der Waals surface area (Å²) < 4.78 is 6.11. The fraction of sp³-hybridized carbons (Fsp3) is 0.500. The zero-order valence-electron chi connectivity index (χ0n) is 10.3. The van der Waals surface area contributed by atoms with Crippen LogP contribution in [0.15, 0.2) is 18.2 Å². The van der Waals surface area contributed by atoms with E-state index in [4.69, 9.17) is 16.3 Å². The zero-order chi connectivity index (χ0) is 12.8. The number of nitrogens with one attached hydrogen (secondary N) is 1. The molecule has 3 rings (SSSR count). The van der Waals surface area contributed by atoms with E-state index in [9.17, 15) is 4.79 Å². The predicted octanol–water partition coefficient (Wildman–Crippen LogP) is 3.22. The SMILES string of the molecule is CC(=O)NC1CC2(CCC2)Oc2ccc(Cl)cc21. The number of ether oxygens (including phenoxy) is 1. The molecule has 18 heavy (non-hydrogen) atoms. The topological polar surface area (TPSA) is 38.3 Å². The standard InChI is InChI=1S/C14H16ClNO2/c1-9(17)16-12-8-14(5-2-6-14)18-13-4-3-10(15)7-11(12)13/h3-4,7,12H,2,5-6,8H2,1H3,(H,16,17). The Hall–Kier alpha value is -1.22. The van der Waals surface area contributed by atoms with Crippen molar-refractivity contribution in [2.45, 2.75) is 44.2 Å². The Morgan fingerprint density at radius 2 is 2.28 bits per heavy atom. The highest BCUT2D eigenvalue weighted by molar-refractivity contribution is 6.30. The van der Waals surface area contributed by atoms with Crippen LogP contribution in [0.1, 0.15) is 44.2 Å². The molecule has 4 heteroatoms. The second-order valence-electron chi connectivity index (χ2n) is 5.28. The summed E-state index contributed by atoms with van der Waals surface area (Å²) in [5.74, 6) is 0.853. The number of rotatable bonds is 1. The highest BCUT2D eigenvalue weighted by Crippen LogP contribution is 2.49. The van der Waals surface area contributed by atoms with Gasteiger partial charge in [-0.15, -0.1) is 0 Å². The third kappa shape index (κ3) is 1.97. The van der Waals surface area contributed by atoms with Gasteiger partial charge in [0, 0.05) is 23.9 Å². The van der Waals surface area contributed by atoms with E-state index in [0.29, 0.717) is 5.02 Å². The van der Waals surface area contributed by atoms with Gasteiger partial charge in [-0.25, -0.2) is 0 Å². The quantitative estimate of drug-likeness (QED) is 0.847. The first kappa shape index (κ1) is 11.8. The van der Waals surface area contributed by atoms with E-state index in [1.807, 2.05) is 18.2 Å². The summed E-state index contributed by atoms with van der Waals surface area (Å²) in [5, 5.41) is 3.69. The van der Waals surface area contributed by atoms with Crippen LogP contribution in [0.3, 0.4) is 0 Å². The molecule has 0 bridgehead atoms. The van der Waals surface area contributed by atoms with E-state index in [1.54, 1.807) is 6.92 Å². The number of carbonyl (C=O) groups excluding carboxylic acids is 1. The minimum atomic E-state index is -0.0616. The number of carbonyl (C=O) groups is 1. The van der Waals surface area contributed by atoms with Crippen molar-refractivity contribution in [3.8, 4) is 5.75 Å². The minimum Gasteiger partial charge on any atom is -0.487 e. The van der Waals surface area contributed by atoms with Gasteiger partial charge < -0.3 is 10.1 Å². The first-order valence-corrected chi connectivity index (χ1v) is 6.71. The van der Waals surface area contributed by atoms with Crippen molar-refractivity contribution in [3.63, 3.8) is 0 Å². The van der Waals surface area contributed by atoms with Crippen LogP contribution in [0.4, 0.5) is 0 Å². The third-order valence-corrected chi connectivity index (χ3v) is 4.13. The lowest BCUT2D eigenvalue weighted by Crippen LogP contribution is -2.49. The van der Waals surface area contributed by atoms with E-state index in [-0.39, 0.29) is 17.6 Å². The van der Waals surface area contributed by atoms with Crippen LogP contribution in [-0.4, -0.2) is 11.5 Å². The van der Waals surface area contributed by atoms with Gasteiger partial charge in [-0.1, -0.05) is 11.6 Å². The number of benzene rings is 1. The highest BCUT2D eigenvalue weighted by Gasteiger charge is 2.45. The maximum atomic E-state index is 11.3. The largest absolute Gasteiger partial charge is 0.487 e. The van der Waals surface area contributed by atoms with Gasteiger partial charge in [0.25, 0.3) is 0 Å². The smallest absolute Gasteiger partial charge is 0.217 e. The molecule has 1 atom stereocenters. The fourth-order valence-corrected chi connectivity index (χ4v) is 3.07. The van der Waals surface area contributed by atoms with Crippen molar-refractivity contribution in [1.82, 2.24) is 5.32 Å². The summed E-state index contributed by atoms with van der Waals surface area (Å²) in [5.41, 5.74) is 0.934. The molecule has 1 heterocycles. The molecule has 1 amide bonds. The van der Waals surface area contributed by atoms with Crippen molar-refractivity contribution in [2.24, 2.45) is 0 Å². The zero-order valence-corrected chi connectivity index (χ0v) is 11.1. The maximum Gasteiger partial charge on any atom is 0.217 e. The highest BCUT2D eigenvalue weighted by atomic mass is 35.5. The second-order valence-corrected chi connectivity index (χ2v) is 5.71. The van der Waals surface area contributed by atoms with Gasteiger partial charge in [0.2, 0.25) is 5.91 Å². The summed E-state index contributed by atoms with van der Waals surface area (Å²) >= 11 is 6.03. The molecule has 1 aromatic rings. The molecule has 96 valence electrons. The van der Waals surface area contributed by atoms with E-state index >= 15 is 0 Å². The minimum absolute atomic E-state index is 0.0118. The van der Waals surface area contributed by atoms with Crippen LogP contribution in [0.2, 0.25) is 5.02 Å². The molecular formula is C14H16ClNO2. The van der Waals surface area contributed by atoms with Crippen LogP contribution < -0.4 is 10.1 Å². The molecule has 1 N–H and O–H groups in total. The predicted molar refractivity (Wildman–Crippen MR) is 69.8 cm³/mol. The number of hydrogen-bond donors (Lipinski definition) is 1. The summed E-state index contributed by atoms with van der Waals surface area (Å²) in [6.07, 6.45) is 4.20. The van der Waals surface area contributed by atoms with E-state index in [1.165, 1.54) is 6.42 Å². The van der Waals surface area contributed by atoms with Crippen LogP contribution >= 0.6 is 11.6 Å². The molecule has 2 aliphatic rings. The Morgan fingerprint density at radius 3 is 2.89 bits per heavy atom. The van der Waals surface area contributed by atoms with Crippen molar-refractivity contribution >= 4 is 17.5 Å². The first-order valence-electron chi connectivity index (χ1n) is 6.34. The van der Waals surface area contributed by atoms with E-state index in [0.717, 1.165) is 30.6 Å². The van der Waals surface area contributed by atoms with Gasteiger partial charge >= 0.3 is 0 Å². The van der Waals surface area contributed by atoms with Crippen LogP contribution in [0.25, 0.3) is 0 Å². The monoisotopic (exact) mass is 265 g/mol.